The van der Waals surface area contributed by atoms with Gasteiger partial charge in [0.05, 0.1) is 5.02 Å². The minimum Gasteiger partial charge on any atom is -0.384 e. The third kappa shape index (κ3) is 4.97. The second-order valence-electron chi connectivity index (χ2n) is 6.12. The predicted octanol–water partition coefficient (Wildman–Crippen LogP) is 1.85. The SMILES string of the molecule is CCCCN1CCC(CNC(=O)c2cc(Cl)c(N)[nH]c2=O)CC1. The number of aromatic nitrogens is 1. The Labute approximate surface area is 141 Å². The van der Waals surface area contributed by atoms with Crippen molar-refractivity contribution in [3.63, 3.8) is 0 Å². The van der Waals surface area contributed by atoms with E-state index < -0.39 is 11.5 Å². The van der Waals surface area contributed by atoms with E-state index in [1.54, 1.807) is 0 Å². The molecule has 6 nitrogen and oxygen atoms in total. The van der Waals surface area contributed by atoms with Crippen LogP contribution in [0.3, 0.4) is 0 Å². The molecular formula is C16H25ClN4O2. The second kappa shape index (κ2) is 8.36. The van der Waals surface area contributed by atoms with Gasteiger partial charge in [0.2, 0.25) is 0 Å². The van der Waals surface area contributed by atoms with Crippen molar-refractivity contribution in [1.29, 1.82) is 0 Å². The fourth-order valence-electron chi connectivity index (χ4n) is 2.82. The zero-order chi connectivity index (χ0) is 16.8. The summed E-state index contributed by atoms with van der Waals surface area (Å²) in [4.78, 5) is 28.8. The van der Waals surface area contributed by atoms with Gasteiger partial charge >= 0.3 is 0 Å². The molecule has 128 valence electrons. The number of H-pyrrole nitrogens is 1. The standard InChI is InChI=1S/C16H25ClN4O2/c1-2-3-6-21-7-4-11(5-8-21)10-19-15(22)12-9-13(17)14(18)20-16(12)23/h9,11H,2-8,10H2,1H3,(H,19,22)(H3,18,20,23). The van der Waals surface area contributed by atoms with E-state index in [9.17, 15) is 9.59 Å². The number of nitrogens with zero attached hydrogens (tertiary/aromatic N) is 1. The lowest BCUT2D eigenvalue weighted by molar-refractivity contribution is 0.0934. The van der Waals surface area contributed by atoms with Gasteiger partial charge in [-0.15, -0.1) is 0 Å². The summed E-state index contributed by atoms with van der Waals surface area (Å²) >= 11 is 5.86. The molecule has 4 N–H and O–H groups in total. The molecular weight excluding hydrogens is 316 g/mol. The molecule has 0 bridgehead atoms. The van der Waals surface area contributed by atoms with Crippen LogP contribution in [0.1, 0.15) is 43.0 Å². The van der Waals surface area contributed by atoms with Crippen molar-refractivity contribution in [3.05, 3.63) is 27.0 Å². The second-order valence-corrected chi connectivity index (χ2v) is 6.53. The molecule has 2 rings (SSSR count). The molecule has 2 heterocycles. The first kappa shape index (κ1) is 17.8. The number of halogens is 1. The molecule has 0 unspecified atom stereocenters. The maximum Gasteiger partial charge on any atom is 0.262 e. The normalized spacial score (nSPS) is 16.4. The monoisotopic (exact) mass is 340 g/mol. The van der Waals surface area contributed by atoms with Gasteiger partial charge in [0.15, 0.2) is 0 Å². The molecule has 7 heteroatoms. The minimum absolute atomic E-state index is 0.00424. The van der Waals surface area contributed by atoms with Crippen molar-refractivity contribution in [3.8, 4) is 0 Å². The highest BCUT2D eigenvalue weighted by Gasteiger charge is 2.20. The summed E-state index contributed by atoms with van der Waals surface area (Å²) in [5.41, 5.74) is 4.99. The number of nitrogens with one attached hydrogen (secondary N) is 2. The summed E-state index contributed by atoms with van der Waals surface area (Å²) in [7, 11) is 0. The number of carbonyl (C=O) groups excluding carboxylic acids is 1. The van der Waals surface area contributed by atoms with Gasteiger partial charge in [0.25, 0.3) is 11.5 Å². The number of carbonyl (C=O) groups is 1. The van der Waals surface area contributed by atoms with Crippen LogP contribution in [-0.4, -0.2) is 42.0 Å². The first-order chi connectivity index (χ1) is 11.0. The van der Waals surface area contributed by atoms with Gasteiger partial charge in [-0.1, -0.05) is 24.9 Å². The quantitative estimate of drug-likeness (QED) is 0.737. The fourth-order valence-corrected chi connectivity index (χ4v) is 2.97. The Balaban J connectivity index is 1.82. The Hall–Kier alpha value is -1.53. The summed E-state index contributed by atoms with van der Waals surface area (Å²) in [6.45, 7) is 6.11. The smallest absolute Gasteiger partial charge is 0.262 e. The fraction of sp³-hybridized carbons (Fsp3) is 0.625. The van der Waals surface area contributed by atoms with E-state index in [-0.39, 0.29) is 16.4 Å². The van der Waals surface area contributed by atoms with Gasteiger partial charge in [-0.05, 0) is 50.9 Å². The Morgan fingerprint density at radius 3 is 2.83 bits per heavy atom. The highest BCUT2D eigenvalue weighted by molar-refractivity contribution is 6.33. The summed E-state index contributed by atoms with van der Waals surface area (Å²) in [6.07, 6.45) is 4.60. The number of unbranched alkanes of at least 4 members (excludes halogenated alkanes) is 1. The molecule has 1 aliphatic heterocycles. The van der Waals surface area contributed by atoms with Crippen LogP contribution in [0.4, 0.5) is 5.82 Å². The van der Waals surface area contributed by atoms with Gasteiger partial charge in [-0.25, -0.2) is 0 Å². The number of hydrogen-bond donors (Lipinski definition) is 3. The van der Waals surface area contributed by atoms with Crippen LogP contribution < -0.4 is 16.6 Å². The first-order valence-corrected chi connectivity index (χ1v) is 8.58. The largest absolute Gasteiger partial charge is 0.384 e. The molecule has 1 aromatic rings. The van der Waals surface area contributed by atoms with E-state index in [4.69, 9.17) is 17.3 Å². The molecule has 1 amide bonds. The summed E-state index contributed by atoms with van der Waals surface area (Å²) in [6, 6.07) is 1.32. The van der Waals surface area contributed by atoms with Gasteiger partial charge in [0.1, 0.15) is 11.4 Å². The number of piperidine rings is 1. The average molecular weight is 341 g/mol. The summed E-state index contributed by atoms with van der Waals surface area (Å²) in [5.74, 6) is 0.134. The van der Waals surface area contributed by atoms with E-state index >= 15 is 0 Å². The predicted molar refractivity (Wildman–Crippen MR) is 92.9 cm³/mol. The number of anilines is 1. The third-order valence-corrected chi connectivity index (χ3v) is 4.66. The van der Waals surface area contributed by atoms with Gasteiger partial charge in [-0.3, -0.25) is 9.59 Å². The molecule has 1 aromatic heterocycles. The average Bonchev–Trinajstić information content (AvgIpc) is 2.55. The first-order valence-electron chi connectivity index (χ1n) is 8.20. The molecule has 0 saturated carbocycles. The van der Waals surface area contributed by atoms with Crippen LogP contribution in [0.15, 0.2) is 10.9 Å². The molecule has 1 aliphatic rings. The number of hydrogen-bond acceptors (Lipinski definition) is 4. The summed E-state index contributed by atoms with van der Waals surface area (Å²) < 4.78 is 0. The Morgan fingerprint density at radius 2 is 2.17 bits per heavy atom. The number of likely N-dealkylation sites (tertiary alicyclic amines) is 1. The van der Waals surface area contributed by atoms with E-state index in [1.807, 2.05) is 0 Å². The third-order valence-electron chi connectivity index (χ3n) is 4.35. The summed E-state index contributed by atoms with van der Waals surface area (Å²) in [5, 5.41) is 3.02. The van der Waals surface area contributed by atoms with Crippen molar-refractivity contribution in [2.75, 3.05) is 31.9 Å². The number of nitrogen functional groups attached to an aromatic ring is 1. The van der Waals surface area contributed by atoms with E-state index in [1.165, 1.54) is 18.9 Å². The zero-order valence-electron chi connectivity index (χ0n) is 13.5. The molecule has 0 aromatic carbocycles. The van der Waals surface area contributed by atoms with Crippen LogP contribution in [0.5, 0.6) is 0 Å². The van der Waals surface area contributed by atoms with Gasteiger partial charge in [0, 0.05) is 6.54 Å². The molecule has 23 heavy (non-hydrogen) atoms. The molecule has 0 radical (unpaired) electrons. The van der Waals surface area contributed by atoms with Gasteiger partial charge < -0.3 is 20.9 Å². The highest BCUT2D eigenvalue weighted by atomic mass is 35.5. The van der Waals surface area contributed by atoms with Crippen molar-refractivity contribution in [2.24, 2.45) is 5.92 Å². The van der Waals surface area contributed by atoms with Crippen LogP contribution in [0, 0.1) is 5.92 Å². The van der Waals surface area contributed by atoms with E-state index in [2.05, 4.69) is 22.1 Å². The number of nitrogens with two attached hydrogens (primary N) is 1. The topological polar surface area (TPSA) is 91.2 Å². The Kier molecular flexibility index (Phi) is 6.47. The van der Waals surface area contributed by atoms with Gasteiger partial charge in [-0.2, -0.15) is 0 Å². The minimum atomic E-state index is -0.515. The van der Waals surface area contributed by atoms with Crippen LogP contribution >= 0.6 is 11.6 Å². The Morgan fingerprint density at radius 1 is 1.48 bits per heavy atom. The lowest BCUT2D eigenvalue weighted by Gasteiger charge is -2.31. The van der Waals surface area contributed by atoms with E-state index in [0.29, 0.717) is 12.5 Å². The van der Waals surface area contributed by atoms with Crippen molar-refractivity contribution < 1.29 is 4.79 Å². The van der Waals surface area contributed by atoms with Crippen molar-refractivity contribution >= 4 is 23.3 Å². The van der Waals surface area contributed by atoms with E-state index in [0.717, 1.165) is 32.5 Å². The number of aromatic amines is 1. The lowest BCUT2D eigenvalue weighted by atomic mass is 9.96. The van der Waals surface area contributed by atoms with Crippen LogP contribution in [0.2, 0.25) is 5.02 Å². The molecule has 1 fully saturated rings. The molecule has 0 spiro atoms. The zero-order valence-corrected chi connectivity index (χ0v) is 14.3. The molecule has 0 aliphatic carbocycles. The van der Waals surface area contributed by atoms with Crippen molar-refractivity contribution in [2.45, 2.75) is 32.6 Å². The Bertz CT molecular complexity index is 594. The van der Waals surface area contributed by atoms with Crippen LogP contribution in [0.25, 0.3) is 0 Å². The van der Waals surface area contributed by atoms with Crippen molar-refractivity contribution in [1.82, 2.24) is 15.2 Å². The number of rotatable bonds is 6. The maximum atomic E-state index is 12.1. The highest BCUT2D eigenvalue weighted by Crippen LogP contribution is 2.17. The maximum absolute atomic E-state index is 12.1. The molecule has 0 atom stereocenters. The number of amides is 1. The lowest BCUT2D eigenvalue weighted by Crippen LogP contribution is -2.39. The van der Waals surface area contributed by atoms with Crippen LogP contribution in [-0.2, 0) is 0 Å². The number of pyridine rings is 1. The molecule has 1 saturated heterocycles.